The minimum Gasteiger partial charge on any atom is -0.493 e. The first-order chi connectivity index (χ1) is 15.5. The number of rotatable bonds is 10. The molecule has 1 fully saturated rings. The van der Waals surface area contributed by atoms with Crippen LogP contribution >= 0.6 is 0 Å². The molecule has 0 aliphatic carbocycles. The lowest BCUT2D eigenvalue weighted by Gasteiger charge is -2.30. The van der Waals surface area contributed by atoms with Gasteiger partial charge in [-0.2, -0.15) is 5.10 Å². The van der Waals surface area contributed by atoms with Gasteiger partial charge in [0, 0.05) is 31.3 Å². The van der Waals surface area contributed by atoms with E-state index >= 15 is 0 Å². The Morgan fingerprint density at radius 1 is 1.16 bits per heavy atom. The summed E-state index contributed by atoms with van der Waals surface area (Å²) in [7, 11) is 4.75. The van der Waals surface area contributed by atoms with Gasteiger partial charge < -0.3 is 19.5 Å². The first-order valence-corrected chi connectivity index (χ1v) is 10.9. The summed E-state index contributed by atoms with van der Waals surface area (Å²) in [5, 5.41) is 7.50. The number of methoxy groups -OCH3 is 3. The summed E-state index contributed by atoms with van der Waals surface area (Å²) in [6.45, 7) is 5.30. The third-order valence-electron chi connectivity index (χ3n) is 5.76. The maximum Gasteiger partial charge on any atom is 0.345 e. The van der Waals surface area contributed by atoms with Crippen molar-refractivity contribution in [1.29, 1.82) is 0 Å². The fraction of sp³-hybridized carbons (Fsp3) is 0.591. The quantitative estimate of drug-likeness (QED) is 0.590. The SMILES string of the molecule is CCn1c(C2CCN(CC(=O)Nc3ccc(OC)c(OC)c3)CC2)nn(CCOC)c1=O. The number of benzene rings is 1. The highest BCUT2D eigenvalue weighted by molar-refractivity contribution is 5.92. The van der Waals surface area contributed by atoms with Crippen LogP contribution in [0.15, 0.2) is 23.0 Å². The number of amides is 1. The second-order valence-electron chi connectivity index (χ2n) is 7.77. The third-order valence-corrected chi connectivity index (χ3v) is 5.76. The minimum atomic E-state index is -0.0868. The number of piperidine rings is 1. The van der Waals surface area contributed by atoms with E-state index in [1.54, 1.807) is 44.1 Å². The number of carbonyl (C=O) groups excluding carboxylic acids is 1. The van der Waals surface area contributed by atoms with Gasteiger partial charge in [-0.1, -0.05) is 0 Å². The summed E-state index contributed by atoms with van der Waals surface area (Å²) in [4.78, 5) is 27.2. The largest absolute Gasteiger partial charge is 0.493 e. The van der Waals surface area contributed by atoms with Gasteiger partial charge in [0.25, 0.3) is 0 Å². The van der Waals surface area contributed by atoms with Gasteiger partial charge in [0.05, 0.1) is 33.9 Å². The van der Waals surface area contributed by atoms with E-state index in [2.05, 4.69) is 15.3 Å². The highest BCUT2D eigenvalue weighted by atomic mass is 16.5. The molecular weight excluding hydrogens is 414 g/mol. The van der Waals surface area contributed by atoms with Crippen molar-refractivity contribution in [3.8, 4) is 11.5 Å². The number of nitrogens with one attached hydrogen (secondary N) is 1. The molecule has 2 heterocycles. The molecule has 1 saturated heterocycles. The predicted octanol–water partition coefficient (Wildman–Crippen LogP) is 1.55. The molecule has 1 aliphatic heterocycles. The van der Waals surface area contributed by atoms with Crippen molar-refractivity contribution in [3.05, 3.63) is 34.5 Å². The van der Waals surface area contributed by atoms with Crippen LogP contribution in [0.2, 0.25) is 0 Å². The van der Waals surface area contributed by atoms with Crippen molar-refractivity contribution in [1.82, 2.24) is 19.2 Å². The number of carbonyl (C=O) groups is 1. The zero-order chi connectivity index (χ0) is 23.1. The first-order valence-electron chi connectivity index (χ1n) is 10.9. The Bertz CT molecular complexity index is 962. The van der Waals surface area contributed by atoms with Crippen molar-refractivity contribution in [2.24, 2.45) is 0 Å². The Kier molecular flexibility index (Phi) is 8.29. The van der Waals surface area contributed by atoms with Crippen LogP contribution in [-0.2, 0) is 22.6 Å². The highest BCUT2D eigenvalue weighted by Crippen LogP contribution is 2.30. The number of anilines is 1. The number of ether oxygens (including phenoxy) is 3. The molecule has 176 valence electrons. The smallest absolute Gasteiger partial charge is 0.345 e. The Balaban J connectivity index is 1.56. The molecule has 0 unspecified atom stereocenters. The Morgan fingerprint density at radius 2 is 1.88 bits per heavy atom. The van der Waals surface area contributed by atoms with E-state index < -0.39 is 0 Å². The number of nitrogens with zero attached hydrogens (tertiary/aromatic N) is 4. The molecule has 1 aromatic heterocycles. The van der Waals surface area contributed by atoms with E-state index in [1.165, 1.54) is 4.68 Å². The van der Waals surface area contributed by atoms with Gasteiger partial charge in [0.1, 0.15) is 5.82 Å². The van der Waals surface area contributed by atoms with Gasteiger partial charge in [0.2, 0.25) is 5.91 Å². The molecule has 32 heavy (non-hydrogen) atoms. The fourth-order valence-corrected chi connectivity index (χ4v) is 4.05. The van der Waals surface area contributed by atoms with Gasteiger partial charge in [0.15, 0.2) is 11.5 Å². The molecule has 0 bridgehead atoms. The Labute approximate surface area is 188 Å². The molecule has 1 N–H and O–H groups in total. The van der Waals surface area contributed by atoms with E-state index in [1.807, 2.05) is 6.92 Å². The fourth-order valence-electron chi connectivity index (χ4n) is 4.05. The molecule has 2 aromatic rings. The molecule has 0 radical (unpaired) electrons. The molecular formula is C22H33N5O5. The van der Waals surface area contributed by atoms with Gasteiger partial charge in [-0.05, 0) is 45.0 Å². The standard InChI is InChI=1S/C22H33N5O5/c1-5-26-21(24-27(22(26)29)12-13-30-2)16-8-10-25(11-9-16)15-20(28)23-17-6-7-18(31-3)19(14-17)32-4/h6-7,14,16H,5,8-13,15H2,1-4H3,(H,23,28). The van der Waals surface area contributed by atoms with Gasteiger partial charge >= 0.3 is 5.69 Å². The molecule has 1 aromatic carbocycles. The monoisotopic (exact) mass is 447 g/mol. The molecule has 0 spiro atoms. The number of likely N-dealkylation sites (tertiary alicyclic amines) is 1. The average Bonchev–Trinajstić information content (AvgIpc) is 3.13. The lowest BCUT2D eigenvalue weighted by Crippen LogP contribution is -2.39. The van der Waals surface area contributed by atoms with Crippen molar-refractivity contribution in [2.75, 3.05) is 52.9 Å². The predicted molar refractivity (Wildman–Crippen MR) is 121 cm³/mol. The summed E-state index contributed by atoms with van der Waals surface area (Å²) in [6, 6.07) is 5.29. The average molecular weight is 448 g/mol. The molecule has 1 aliphatic rings. The first kappa shape index (κ1) is 23.8. The van der Waals surface area contributed by atoms with Crippen LogP contribution in [0, 0.1) is 0 Å². The molecule has 0 saturated carbocycles. The van der Waals surface area contributed by atoms with E-state index in [4.69, 9.17) is 14.2 Å². The minimum absolute atomic E-state index is 0.0787. The zero-order valence-corrected chi connectivity index (χ0v) is 19.3. The Morgan fingerprint density at radius 3 is 2.50 bits per heavy atom. The van der Waals surface area contributed by atoms with E-state index in [9.17, 15) is 9.59 Å². The van der Waals surface area contributed by atoms with Crippen LogP contribution in [0.3, 0.4) is 0 Å². The number of hydrogen-bond acceptors (Lipinski definition) is 7. The zero-order valence-electron chi connectivity index (χ0n) is 19.3. The van der Waals surface area contributed by atoms with Crippen LogP contribution < -0.4 is 20.5 Å². The summed E-state index contributed by atoms with van der Waals surface area (Å²) >= 11 is 0. The summed E-state index contributed by atoms with van der Waals surface area (Å²) in [5.41, 5.74) is 0.576. The molecule has 10 heteroatoms. The van der Waals surface area contributed by atoms with Crippen molar-refractivity contribution in [2.45, 2.75) is 38.8 Å². The highest BCUT2D eigenvalue weighted by Gasteiger charge is 2.27. The lowest BCUT2D eigenvalue weighted by atomic mass is 9.96. The maximum absolute atomic E-state index is 12.6. The van der Waals surface area contributed by atoms with E-state index in [-0.39, 0.29) is 17.5 Å². The molecule has 10 nitrogen and oxygen atoms in total. The van der Waals surface area contributed by atoms with Crippen molar-refractivity contribution in [3.63, 3.8) is 0 Å². The van der Waals surface area contributed by atoms with Crippen LogP contribution in [0.4, 0.5) is 5.69 Å². The van der Waals surface area contributed by atoms with Gasteiger partial charge in [-0.15, -0.1) is 0 Å². The van der Waals surface area contributed by atoms with Crippen molar-refractivity contribution < 1.29 is 19.0 Å². The van der Waals surface area contributed by atoms with Crippen LogP contribution in [0.25, 0.3) is 0 Å². The van der Waals surface area contributed by atoms with Gasteiger partial charge in [-0.3, -0.25) is 14.3 Å². The summed E-state index contributed by atoms with van der Waals surface area (Å²) in [5.74, 6) is 2.14. The van der Waals surface area contributed by atoms with Crippen LogP contribution in [0.1, 0.15) is 31.5 Å². The van der Waals surface area contributed by atoms with Crippen molar-refractivity contribution >= 4 is 11.6 Å². The number of aromatic nitrogens is 3. The van der Waals surface area contributed by atoms with Crippen LogP contribution in [-0.4, -0.2) is 72.7 Å². The van der Waals surface area contributed by atoms with Crippen LogP contribution in [0.5, 0.6) is 11.5 Å². The van der Waals surface area contributed by atoms with E-state index in [0.717, 1.165) is 31.8 Å². The molecule has 0 atom stereocenters. The molecule has 3 rings (SSSR count). The van der Waals surface area contributed by atoms with E-state index in [0.29, 0.717) is 43.4 Å². The lowest BCUT2D eigenvalue weighted by molar-refractivity contribution is -0.117. The normalized spacial score (nSPS) is 15.0. The third kappa shape index (κ3) is 5.49. The number of hydrogen-bond donors (Lipinski definition) is 1. The summed E-state index contributed by atoms with van der Waals surface area (Å²) < 4.78 is 18.8. The topological polar surface area (TPSA) is 99.9 Å². The van der Waals surface area contributed by atoms with Gasteiger partial charge in [-0.25, -0.2) is 9.48 Å². The maximum atomic E-state index is 12.6. The Hall–Kier alpha value is -2.85. The second kappa shape index (κ2) is 11.1. The summed E-state index contributed by atoms with van der Waals surface area (Å²) in [6.07, 6.45) is 1.70. The second-order valence-corrected chi connectivity index (χ2v) is 7.77. The molecule has 1 amide bonds.